The number of fused-ring (bicyclic) bond motifs is 2. The number of aryl methyl sites for hydroxylation is 2. The van der Waals surface area contributed by atoms with E-state index in [-0.39, 0.29) is 17.5 Å². The molecule has 6 rings (SSSR count). The Bertz CT molecular complexity index is 1280. The fraction of sp³-hybridized carbons (Fsp3) is 0.464. The monoisotopic (exact) mass is 491 g/mol. The molecule has 188 valence electrons. The van der Waals surface area contributed by atoms with Gasteiger partial charge in [-0.25, -0.2) is 14.2 Å². The molecule has 1 aliphatic carbocycles. The van der Waals surface area contributed by atoms with Gasteiger partial charge < -0.3 is 19.3 Å². The van der Waals surface area contributed by atoms with Crippen LogP contribution in [-0.2, 0) is 11.3 Å². The maximum absolute atomic E-state index is 14.8. The summed E-state index contributed by atoms with van der Waals surface area (Å²) in [4.78, 5) is 18.3. The van der Waals surface area contributed by atoms with Crippen molar-refractivity contribution in [1.29, 1.82) is 0 Å². The second-order valence-corrected chi connectivity index (χ2v) is 10.4. The molecule has 2 bridgehead atoms. The minimum atomic E-state index is -0.953. The highest BCUT2D eigenvalue weighted by atomic mass is 19.1. The van der Waals surface area contributed by atoms with Gasteiger partial charge in [0.25, 0.3) is 0 Å². The molecule has 1 aromatic carbocycles. The van der Waals surface area contributed by atoms with Crippen LogP contribution in [0, 0.1) is 19.7 Å². The van der Waals surface area contributed by atoms with E-state index in [2.05, 4.69) is 15.0 Å². The zero-order valence-electron chi connectivity index (χ0n) is 20.5. The lowest BCUT2D eigenvalue weighted by molar-refractivity contribution is 0.0146. The number of pyridine rings is 1. The van der Waals surface area contributed by atoms with Gasteiger partial charge in [-0.1, -0.05) is 17.3 Å². The van der Waals surface area contributed by atoms with Crippen LogP contribution in [0.2, 0.25) is 0 Å². The number of rotatable bonds is 7. The Kier molecular flexibility index (Phi) is 5.79. The molecule has 2 unspecified atom stereocenters. The van der Waals surface area contributed by atoms with Crippen molar-refractivity contribution in [3.8, 4) is 11.3 Å². The second-order valence-electron chi connectivity index (χ2n) is 10.4. The Morgan fingerprint density at radius 1 is 1.14 bits per heavy atom. The molecule has 2 aliphatic heterocycles. The highest BCUT2D eigenvalue weighted by Gasteiger charge is 2.42. The quantitative estimate of drug-likeness (QED) is 0.448. The Labute approximate surface area is 209 Å². The van der Waals surface area contributed by atoms with Crippen LogP contribution in [0.1, 0.15) is 77.4 Å². The van der Waals surface area contributed by atoms with Crippen molar-refractivity contribution >= 4 is 11.8 Å². The average molecular weight is 492 g/mol. The standard InChI is InChI=1S/C28H30FN3O4/c1-15-4-3-5-23(29)25(15)26-22(27(36-31-26)17-6-7-17)14-35-20-12-18-8-9-19(13-20)32(18)24-11-10-21(28(33)34)16(2)30-24/h3-5,10-11,17-20H,6-9,12-14H2,1-2H3,(H,33,34). The summed E-state index contributed by atoms with van der Waals surface area (Å²) in [6.07, 6.45) is 6.07. The van der Waals surface area contributed by atoms with Gasteiger partial charge in [-0.2, -0.15) is 0 Å². The summed E-state index contributed by atoms with van der Waals surface area (Å²) in [5.41, 5.74) is 3.54. The van der Waals surface area contributed by atoms with Gasteiger partial charge in [0, 0.05) is 29.1 Å². The lowest BCUT2D eigenvalue weighted by Crippen LogP contribution is -2.46. The maximum Gasteiger partial charge on any atom is 0.337 e. The number of carboxylic acids is 1. The van der Waals surface area contributed by atoms with E-state index in [4.69, 9.17) is 9.26 Å². The summed E-state index contributed by atoms with van der Waals surface area (Å²) < 4.78 is 27.0. The molecule has 7 nitrogen and oxygen atoms in total. The number of hydrogen-bond acceptors (Lipinski definition) is 6. The Balaban J connectivity index is 1.20. The molecule has 0 radical (unpaired) electrons. The lowest BCUT2D eigenvalue weighted by Gasteiger charge is -2.39. The van der Waals surface area contributed by atoms with Gasteiger partial charge in [0.15, 0.2) is 0 Å². The van der Waals surface area contributed by atoms with Gasteiger partial charge >= 0.3 is 5.97 Å². The largest absolute Gasteiger partial charge is 0.478 e. The molecule has 8 heteroatoms. The van der Waals surface area contributed by atoms with E-state index < -0.39 is 5.97 Å². The van der Waals surface area contributed by atoms with Gasteiger partial charge in [0.05, 0.1) is 24.0 Å². The van der Waals surface area contributed by atoms with Crippen molar-refractivity contribution < 1.29 is 23.6 Å². The third-order valence-corrected chi connectivity index (χ3v) is 7.94. The normalized spacial score (nSPS) is 23.3. The number of carbonyl (C=O) groups is 1. The van der Waals surface area contributed by atoms with Gasteiger partial charge in [-0.15, -0.1) is 0 Å². The smallest absolute Gasteiger partial charge is 0.337 e. The van der Waals surface area contributed by atoms with Crippen LogP contribution >= 0.6 is 0 Å². The van der Waals surface area contributed by atoms with Crippen LogP contribution in [0.25, 0.3) is 11.3 Å². The summed E-state index contributed by atoms with van der Waals surface area (Å²) in [5.74, 6) is 0.779. The Hall–Kier alpha value is -3.26. The summed E-state index contributed by atoms with van der Waals surface area (Å²) >= 11 is 0. The number of anilines is 1. The molecule has 0 spiro atoms. The van der Waals surface area contributed by atoms with E-state index in [1.807, 2.05) is 19.1 Å². The van der Waals surface area contributed by atoms with E-state index in [1.165, 1.54) is 6.07 Å². The summed E-state index contributed by atoms with van der Waals surface area (Å²) in [6, 6.07) is 9.14. The fourth-order valence-corrected chi connectivity index (χ4v) is 6.01. The number of piperidine rings is 1. The topological polar surface area (TPSA) is 88.7 Å². The molecule has 36 heavy (non-hydrogen) atoms. The van der Waals surface area contributed by atoms with Crippen LogP contribution in [0.15, 0.2) is 34.9 Å². The van der Waals surface area contributed by atoms with Gasteiger partial charge in [0.2, 0.25) is 0 Å². The molecule has 3 fully saturated rings. The predicted molar refractivity (Wildman–Crippen MR) is 132 cm³/mol. The highest BCUT2D eigenvalue weighted by Crippen LogP contribution is 2.45. The van der Waals surface area contributed by atoms with Crippen LogP contribution in [-0.4, -0.2) is 39.4 Å². The van der Waals surface area contributed by atoms with Crippen molar-refractivity contribution in [2.45, 2.75) is 83.1 Å². The van der Waals surface area contributed by atoms with E-state index >= 15 is 0 Å². The molecule has 3 aromatic rings. The molecule has 1 N–H and O–H groups in total. The number of nitrogens with zero attached hydrogens (tertiary/aromatic N) is 3. The molecule has 2 atom stereocenters. The van der Waals surface area contributed by atoms with Crippen molar-refractivity contribution in [1.82, 2.24) is 10.1 Å². The Morgan fingerprint density at radius 2 is 1.89 bits per heavy atom. The lowest BCUT2D eigenvalue weighted by atomic mass is 9.98. The van der Waals surface area contributed by atoms with Gasteiger partial charge in [-0.3, -0.25) is 0 Å². The minimum absolute atomic E-state index is 0.0784. The van der Waals surface area contributed by atoms with Crippen molar-refractivity contribution in [2.24, 2.45) is 0 Å². The highest BCUT2D eigenvalue weighted by molar-refractivity contribution is 5.89. The third-order valence-electron chi connectivity index (χ3n) is 7.94. The first kappa shape index (κ1) is 23.2. The van der Waals surface area contributed by atoms with Crippen LogP contribution in [0.3, 0.4) is 0 Å². The van der Waals surface area contributed by atoms with E-state index in [1.54, 1.807) is 19.1 Å². The van der Waals surface area contributed by atoms with Crippen molar-refractivity contribution in [3.63, 3.8) is 0 Å². The number of hydrogen-bond donors (Lipinski definition) is 1. The minimum Gasteiger partial charge on any atom is -0.478 e. The molecule has 1 saturated carbocycles. The third kappa shape index (κ3) is 4.07. The fourth-order valence-electron chi connectivity index (χ4n) is 6.01. The molecule has 0 amide bonds. The predicted octanol–water partition coefficient (Wildman–Crippen LogP) is 5.78. The van der Waals surface area contributed by atoms with Crippen LogP contribution in [0.4, 0.5) is 10.2 Å². The first-order valence-corrected chi connectivity index (χ1v) is 12.8. The van der Waals surface area contributed by atoms with E-state index in [0.717, 1.165) is 61.2 Å². The molecular weight excluding hydrogens is 461 g/mol. The molecule has 4 heterocycles. The first-order valence-electron chi connectivity index (χ1n) is 12.8. The summed E-state index contributed by atoms with van der Waals surface area (Å²) in [5, 5.41) is 13.6. The molecule has 2 saturated heterocycles. The number of carboxylic acid groups (broad SMARTS) is 1. The molecule has 3 aliphatic rings. The van der Waals surface area contributed by atoms with Gasteiger partial charge in [-0.05, 0) is 76.1 Å². The number of benzene rings is 1. The number of aromatic carboxylic acids is 1. The van der Waals surface area contributed by atoms with Crippen molar-refractivity contribution in [2.75, 3.05) is 4.90 Å². The number of halogens is 1. The van der Waals surface area contributed by atoms with Crippen LogP contribution in [0.5, 0.6) is 0 Å². The van der Waals surface area contributed by atoms with E-state index in [0.29, 0.717) is 41.6 Å². The van der Waals surface area contributed by atoms with Gasteiger partial charge in [0.1, 0.15) is 23.1 Å². The number of aromatic nitrogens is 2. The average Bonchev–Trinajstić information content (AvgIpc) is 3.55. The number of ether oxygens (including phenoxy) is 1. The summed E-state index contributed by atoms with van der Waals surface area (Å²) in [6.45, 7) is 3.99. The summed E-state index contributed by atoms with van der Waals surface area (Å²) in [7, 11) is 0. The molecule has 2 aromatic heterocycles. The van der Waals surface area contributed by atoms with Crippen molar-refractivity contribution in [3.05, 3.63) is 64.3 Å². The zero-order valence-corrected chi connectivity index (χ0v) is 20.5. The molecular formula is C28H30FN3O4. The second kappa shape index (κ2) is 9.00. The maximum atomic E-state index is 14.8. The SMILES string of the molecule is Cc1cccc(F)c1-c1noc(C2CC2)c1COC1CC2CCC(C1)N2c1ccc(C(=O)O)c(C)n1. The zero-order chi connectivity index (χ0) is 25.0. The Morgan fingerprint density at radius 3 is 2.53 bits per heavy atom. The van der Waals surface area contributed by atoms with E-state index in [9.17, 15) is 14.3 Å². The first-order chi connectivity index (χ1) is 17.4. The van der Waals surface area contributed by atoms with Crippen LogP contribution < -0.4 is 4.90 Å².